The van der Waals surface area contributed by atoms with Crippen molar-refractivity contribution in [3.05, 3.63) is 54.9 Å². The summed E-state index contributed by atoms with van der Waals surface area (Å²) in [5.74, 6) is 2.71. The van der Waals surface area contributed by atoms with Crippen LogP contribution in [0.15, 0.2) is 54.9 Å². The van der Waals surface area contributed by atoms with Crippen molar-refractivity contribution in [2.45, 2.75) is 13.8 Å². The number of aromatic nitrogens is 2. The molecule has 1 aromatic heterocycles. The molecule has 3 aromatic rings. The molecule has 0 spiro atoms. The lowest BCUT2D eigenvalue weighted by atomic mass is 10.1. The first-order valence-corrected chi connectivity index (χ1v) is 10.4. The molecule has 2 aromatic carbocycles. The number of hydrogen-bond acceptors (Lipinski definition) is 7. The summed E-state index contributed by atoms with van der Waals surface area (Å²) in [7, 11) is 3.29. The second-order valence-electron chi connectivity index (χ2n) is 6.89. The maximum atomic E-state index is 5.98. The molecule has 0 amide bonds. The van der Waals surface area contributed by atoms with Crippen LogP contribution < -0.4 is 19.5 Å². The first-order valence-electron chi connectivity index (χ1n) is 10.4. The third-order valence-electron chi connectivity index (χ3n) is 5.05. The maximum Gasteiger partial charge on any atom is 0.227 e. The van der Waals surface area contributed by atoms with Crippen molar-refractivity contribution >= 4 is 11.6 Å². The Balaban J connectivity index is 1.67. The van der Waals surface area contributed by atoms with Gasteiger partial charge in [-0.2, -0.15) is 0 Å². The van der Waals surface area contributed by atoms with Crippen LogP contribution in [0.5, 0.6) is 17.2 Å². The molecule has 3 rings (SSSR count). The molecule has 7 nitrogen and oxygen atoms in total. The molecule has 0 aliphatic carbocycles. The monoisotopic (exact) mass is 422 g/mol. The van der Waals surface area contributed by atoms with E-state index in [0.29, 0.717) is 24.1 Å². The average molecular weight is 423 g/mol. The van der Waals surface area contributed by atoms with E-state index in [1.54, 1.807) is 26.6 Å². The van der Waals surface area contributed by atoms with Crippen LogP contribution in [0.4, 0.5) is 11.6 Å². The molecule has 1 heterocycles. The van der Waals surface area contributed by atoms with Gasteiger partial charge < -0.3 is 24.4 Å². The minimum Gasteiger partial charge on any atom is -0.497 e. The minimum atomic E-state index is 0.511. The van der Waals surface area contributed by atoms with E-state index in [2.05, 4.69) is 34.0 Å². The van der Waals surface area contributed by atoms with Gasteiger partial charge in [-0.05, 0) is 42.9 Å². The molecule has 0 atom stereocenters. The summed E-state index contributed by atoms with van der Waals surface area (Å²) >= 11 is 0. The largest absolute Gasteiger partial charge is 0.497 e. The van der Waals surface area contributed by atoms with Crippen molar-refractivity contribution in [2.24, 2.45) is 0 Å². The predicted molar refractivity (Wildman–Crippen MR) is 124 cm³/mol. The number of nitrogens with one attached hydrogen (secondary N) is 1. The highest BCUT2D eigenvalue weighted by Gasteiger charge is 2.09. The lowest BCUT2D eigenvalue weighted by molar-refractivity contribution is 0.217. The zero-order chi connectivity index (χ0) is 22.1. The van der Waals surface area contributed by atoms with Crippen molar-refractivity contribution in [3.63, 3.8) is 0 Å². The van der Waals surface area contributed by atoms with Crippen LogP contribution in [0.1, 0.15) is 13.8 Å². The Labute approximate surface area is 184 Å². The molecule has 164 valence electrons. The molecule has 0 saturated heterocycles. The first kappa shape index (κ1) is 22.4. The molecule has 0 bridgehead atoms. The fourth-order valence-corrected chi connectivity index (χ4v) is 3.15. The van der Waals surface area contributed by atoms with Gasteiger partial charge in [0.05, 0.1) is 14.2 Å². The van der Waals surface area contributed by atoms with Crippen LogP contribution in [0, 0.1) is 0 Å². The quantitative estimate of drug-likeness (QED) is 0.483. The molecule has 7 heteroatoms. The van der Waals surface area contributed by atoms with Gasteiger partial charge in [-0.15, -0.1) is 0 Å². The van der Waals surface area contributed by atoms with E-state index < -0.39 is 0 Å². The highest BCUT2D eigenvalue weighted by molar-refractivity contribution is 5.64. The van der Waals surface area contributed by atoms with Crippen molar-refractivity contribution in [3.8, 4) is 28.4 Å². The highest BCUT2D eigenvalue weighted by atomic mass is 16.5. The molecule has 0 saturated carbocycles. The van der Waals surface area contributed by atoms with Gasteiger partial charge in [0.1, 0.15) is 12.4 Å². The van der Waals surface area contributed by atoms with Crippen LogP contribution in [-0.2, 0) is 0 Å². The third-order valence-corrected chi connectivity index (χ3v) is 5.05. The molecule has 0 radical (unpaired) electrons. The summed E-state index contributed by atoms with van der Waals surface area (Å²) in [5, 5.41) is 3.23. The van der Waals surface area contributed by atoms with Gasteiger partial charge in [0.2, 0.25) is 5.95 Å². The van der Waals surface area contributed by atoms with Crippen LogP contribution >= 0.6 is 0 Å². The fourth-order valence-electron chi connectivity index (χ4n) is 3.15. The van der Waals surface area contributed by atoms with Gasteiger partial charge in [0, 0.05) is 36.3 Å². The van der Waals surface area contributed by atoms with E-state index in [-0.39, 0.29) is 0 Å². The summed E-state index contributed by atoms with van der Waals surface area (Å²) in [6.45, 7) is 7.76. The smallest absolute Gasteiger partial charge is 0.227 e. The summed E-state index contributed by atoms with van der Waals surface area (Å²) in [6.07, 6.45) is 3.59. The summed E-state index contributed by atoms with van der Waals surface area (Å²) in [6, 6.07) is 13.5. The fraction of sp³-hybridized carbons (Fsp3) is 0.333. The third kappa shape index (κ3) is 6.08. The number of rotatable bonds is 11. The van der Waals surface area contributed by atoms with Crippen molar-refractivity contribution in [1.82, 2.24) is 14.9 Å². The highest BCUT2D eigenvalue weighted by Crippen LogP contribution is 2.31. The molecular weight excluding hydrogens is 392 g/mol. The van der Waals surface area contributed by atoms with E-state index in [1.165, 1.54) is 0 Å². The topological polar surface area (TPSA) is 68.7 Å². The molecule has 0 aliphatic heterocycles. The van der Waals surface area contributed by atoms with E-state index >= 15 is 0 Å². The zero-order valence-electron chi connectivity index (χ0n) is 18.6. The van der Waals surface area contributed by atoms with Gasteiger partial charge in [-0.3, -0.25) is 0 Å². The number of likely N-dealkylation sites (N-methyl/N-ethyl adjacent to an activating group) is 1. The van der Waals surface area contributed by atoms with Crippen LogP contribution in [-0.4, -0.2) is 55.3 Å². The molecule has 0 fully saturated rings. The van der Waals surface area contributed by atoms with Crippen LogP contribution in [0.3, 0.4) is 0 Å². The maximum absolute atomic E-state index is 5.98. The normalized spacial score (nSPS) is 10.7. The van der Waals surface area contributed by atoms with Crippen molar-refractivity contribution < 1.29 is 14.2 Å². The molecule has 1 N–H and O–H groups in total. The van der Waals surface area contributed by atoms with Gasteiger partial charge in [0.25, 0.3) is 0 Å². The second kappa shape index (κ2) is 11.2. The predicted octanol–water partition coefficient (Wildman–Crippen LogP) is 4.63. The molecule has 31 heavy (non-hydrogen) atoms. The number of ether oxygens (including phenoxy) is 3. The van der Waals surface area contributed by atoms with E-state index in [4.69, 9.17) is 14.2 Å². The van der Waals surface area contributed by atoms with E-state index in [1.807, 2.05) is 42.5 Å². The van der Waals surface area contributed by atoms with E-state index in [0.717, 1.165) is 42.2 Å². The Morgan fingerprint density at radius 2 is 1.55 bits per heavy atom. The number of anilines is 2. The second-order valence-corrected chi connectivity index (χ2v) is 6.89. The van der Waals surface area contributed by atoms with Crippen molar-refractivity contribution in [1.29, 1.82) is 0 Å². The standard InChI is InChI=1S/C24H30N4O3/c1-5-28(6-2)13-14-31-23-15-20(9-12-22(23)30-4)27-24-25-16-19(17-26-24)18-7-10-21(29-3)11-8-18/h7-12,15-17H,5-6,13-14H2,1-4H3,(H,25,26,27). The molecular formula is C24H30N4O3. The molecule has 0 aliphatic rings. The lowest BCUT2D eigenvalue weighted by Crippen LogP contribution is -2.27. The van der Waals surface area contributed by atoms with Gasteiger partial charge in [0.15, 0.2) is 11.5 Å². The lowest BCUT2D eigenvalue weighted by Gasteiger charge is -2.19. The number of benzene rings is 2. The van der Waals surface area contributed by atoms with Gasteiger partial charge in [-0.1, -0.05) is 26.0 Å². The first-order chi connectivity index (χ1) is 15.2. The van der Waals surface area contributed by atoms with Gasteiger partial charge in [-0.25, -0.2) is 9.97 Å². The SMILES string of the molecule is CCN(CC)CCOc1cc(Nc2ncc(-c3ccc(OC)cc3)cn2)ccc1OC. The Morgan fingerprint density at radius 3 is 2.16 bits per heavy atom. The average Bonchev–Trinajstić information content (AvgIpc) is 2.82. The summed E-state index contributed by atoms with van der Waals surface area (Å²) in [4.78, 5) is 11.2. The summed E-state index contributed by atoms with van der Waals surface area (Å²) in [5.41, 5.74) is 2.79. The Morgan fingerprint density at radius 1 is 0.839 bits per heavy atom. The van der Waals surface area contributed by atoms with Crippen LogP contribution in [0.25, 0.3) is 11.1 Å². The molecule has 0 unspecified atom stereocenters. The number of nitrogens with zero attached hydrogens (tertiary/aromatic N) is 3. The van der Waals surface area contributed by atoms with Crippen molar-refractivity contribution in [2.75, 3.05) is 45.8 Å². The minimum absolute atomic E-state index is 0.511. The van der Waals surface area contributed by atoms with Gasteiger partial charge >= 0.3 is 0 Å². The van der Waals surface area contributed by atoms with E-state index in [9.17, 15) is 0 Å². The van der Waals surface area contributed by atoms with Crippen LogP contribution in [0.2, 0.25) is 0 Å². The summed E-state index contributed by atoms with van der Waals surface area (Å²) < 4.78 is 16.6. The Kier molecular flexibility index (Phi) is 8.06. The Bertz CT molecular complexity index is 942. The number of hydrogen-bond donors (Lipinski definition) is 1. The zero-order valence-corrected chi connectivity index (χ0v) is 18.6. The Hall–Kier alpha value is -3.32. The number of methoxy groups -OCH3 is 2.